The summed E-state index contributed by atoms with van der Waals surface area (Å²) in [6.07, 6.45) is 4.09. The first-order chi connectivity index (χ1) is 8.33. The third kappa shape index (κ3) is 3.41. The van der Waals surface area contributed by atoms with Gasteiger partial charge in [-0.05, 0) is 25.9 Å². The molecule has 2 fully saturated rings. The van der Waals surface area contributed by atoms with Crippen molar-refractivity contribution in [3.63, 3.8) is 0 Å². The van der Waals surface area contributed by atoms with Crippen molar-refractivity contribution in [2.24, 2.45) is 0 Å². The molecule has 2 aliphatic heterocycles. The van der Waals surface area contributed by atoms with Crippen LogP contribution in [0.25, 0.3) is 0 Å². The predicted octanol–water partition coefficient (Wildman–Crippen LogP) is 0.658. The highest BCUT2D eigenvalue weighted by Crippen LogP contribution is 2.20. The van der Waals surface area contributed by atoms with Crippen LogP contribution in [-0.2, 0) is 0 Å². The Hall–Kier alpha value is -0.630. The van der Waals surface area contributed by atoms with Gasteiger partial charge in [-0.1, -0.05) is 13.3 Å². The quantitative estimate of drug-likeness (QED) is 0.778. The number of likely N-dealkylation sites (N-methyl/N-ethyl adjacent to an activating group) is 1. The zero-order valence-electron chi connectivity index (χ0n) is 10.9. The Morgan fingerprint density at radius 2 is 2.24 bits per heavy atom. The van der Waals surface area contributed by atoms with Crippen LogP contribution in [-0.4, -0.2) is 61.2 Å². The van der Waals surface area contributed by atoms with Crippen LogP contribution in [0.15, 0.2) is 0 Å². The fourth-order valence-corrected chi connectivity index (χ4v) is 3.04. The fraction of sp³-hybridized carbons (Fsp3) is 0.923. The predicted molar refractivity (Wildman–Crippen MR) is 68.7 cm³/mol. The van der Waals surface area contributed by atoms with E-state index >= 15 is 0 Å². The van der Waals surface area contributed by atoms with Crippen molar-refractivity contribution >= 4 is 0 Å². The number of rotatable bonds is 4. The highest BCUT2D eigenvalue weighted by molar-refractivity contribution is 4.94. The largest absolute Gasteiger partial charge is 0.301 e. The van der Waals surface area contributed by atoms with Gasteiger partial charge in [0.2, 0.25) is 0 Å². The van der Waals surface area contributed by atoms with Crippen LogP contribution < -0.4 is 5.32 Å². The molecule has 0 aromatic rings. The first-order valence-electron chi connectivity index (χ1n) is 6.93. The zero-order chi connectivity index (χ0) is 12.1. The average molecular weight is 236 g/mol. The molecule has 0 bridgehead atoms. The molecular formula is C13H24N4. The number of nitrogens with zero attached hydrogens (tertiary/aromatic N) is 3. The number of piperidine rings is 1. The van der Waals surface area contributed by atoms with E-state index < -0.39 is 0 Å². The molecule has 2 aliphatic rings. The molecule has 4 nitrogen and oxygen atoms in total. The maximum atomic E-state index is 9.07. The van der Waals surface area contributed by atoms with E-state index in [1.807, 2.05) is 0 Å². The lowest BCUT2D eigenvalue weighted by Crippen LogP contribution is -2.56. The molecule has 0 aromatic carbocycles. The minimum absolute atomic E-state index is 0.00450. The molecule has 0 radical (unpaired) electrons. The minimum atomic E-state index is -0.00450. The molecule has 17 heavy (non-hydrogen) atoms. The lowest BCUT2D eigenvalue weighted by Gasteiger charge is -2.44. The lowest BCUT2D eigenvalue weighted by molar-refractivity contribution is 0.0474. The molecule has 0 spiro atoms. The summed E-state index contributed by atoms with van der Waals surface area (Å²) in [5.74, 6) is 0. The van der Waals surface area contributed by atoms with Gasteiger partial charge < -0.3 is 5.32 Å². The summed E-state index contributed by atoms with van der Waals surface area (Å²) in [6.45, 7) is 8.58. The maximum Gasteiger partial charge on any atom is 0.108 e. The van der Waals surface area contributed by atoms with Crippen LogP contribution in [0.1, 0.15) is 26.2 Å². The van der Waals surface area contributed by atoms with Crippen molar-refractivity contribution < 1.29 is 0 Å². The molecule has 0 amide bonds. The van der Waals surface area contributed by atoms with Crippen LogP contribution >= 0.6 is 0 Å². The SMILES string of the molecule is CCNC(C#N)CN1CCN2CCCCC2C1. The van der Waals surface area contributed by atoms with Gasteiger partial charge in [0.1, 0.15) is 6.04 Å². The third-order valence-corrected chi connectivity index (χ3v) is 3.97. The Morgan fingerprint density at radius 3 is 3.00 bits per heavy atom. The van der Waals surface area contributed by atoms with Gasteiger partial charge in [-0.15, -0.1) is 0 Å². The summed E-state index contributed by atoms with van der Waals surface area (Å²) in [6, 6.07) is 3.10. The third-order valence-electron chi connectivity index (χ3n) is 3.97. The molecule has 2 rings (SSSR count). The number of piperazine rings is 1. The molecule has 0 aliphatic carbocycles. The van der Waals surface area contributed by atoms with E-state index in [2.05, 4.69) is 28.1 Å². The Balaban J connectivity index is 1.81. The number of nitrogens with one attached hydrogen (secondary N) is 1. The van der Waals surface area contributed by atoms with Gasteiger partial charge in [-0.2, -0.15) is 5.26 Å². The van der Waals surface area contributed by atoms with Gasteiger partial charge in [0.25, 0.3) is 0 Å². The number of hydrogen-bond donors (Lipinski definition) is 1. The fourth-order valence-electron chi connectivity index (χ4n) is 3.04. The summed E-state index contributed by atoms with van der Waals surface area (Å²) < 4.78 is 0. The monoisotopic (exact) mass is 236 g/mol. The lowest BCUT2D eigenvalue weighted by atomic mass is 9.99. The molecule has 1 N–H and O–H groups in total. The molecule has 96 valence electrons. The summed E-state index contributed by atoms with van der Waals surface area (Å²) in [5, 5.41) is 12.3. The first-order valence-corrected chi connectivity index (χ1v) is 6.93. The molecule has 2 heterocycles. The van der Waals surface area contributed by atoms with E-state index in [1.54, 1.807) is 0 Å². The van der Waals surface area contributed by atoms with Crippen molar-refractivity contribution in [2.45, 2.75) is 38.3 Å². The zero-order valence-corrected chi connectivity index (χ0v) is 10.9. The van der Waals surface area contributed by atoms with Crippen molar-refractivity contribution in [3.8, 4) is 6.07 Å². The molecule has 2 saturated heterocycles. The van der Waals surface area contributed by atoms with Gasteiger partial charge in [0, 0.05) is 32.2 Å². The van der Waals surface area contributed by atoms with E-state index in [9.17, 15) is 0 Å². The second-order valence-electron chi connectivity index (χ2n) is 5.18. The maximum absolute atomic E-state index is 9.07. The van der Waals surface area contributed by atoms with Gasteiger partial charge >= 0.3 is 0 Å². The number of nitriles is 1. The second-order valence-corrected chi connectivity index (χ2v) is 5.18. The molecule has 2 unspecified atom stereocenters. The summed E-state index contributed by atoms with van der Waals surface area (Å²) in [5.41, 5.74) is 0. The summed E-state index contributed by atoms with van der Waals surface area (Å²) in [4.78, 5) is 5.09. The molecule has 2 atom stereocenters. The van der Waals surface area contributed by atoms with Crippen molar-refractivity contribution in [1.29, 1.82) is 5.26 Å². The Labute approximate surface area is 105 Å². The average Bonchev–Trinajstić information content (AvgIpc) is 2.38. The summed E-state index contributed by atoms with van der Waals surface area (Å²) >= 11 is 0. The number of hydrogen-bond acceptors (Lipinski definition) is 4. The second kappa shape index (κ2) is 6.34. The smallest absolute Gasteiger partial charge is 0.108 e. The molecule has 4 heteroatoms. The standard InChI is InChI=1S/C13H24N4/c1-2-15-12(9-14)10-16-7-8-17-6-4-3-5-13(17)11-16/h12-13,15H,2-8,10-11H2,1H3. The van der Waals surface area contributed by atoms with Crippen molar-refractivity contribution in [3.05, 3.63) is 0 Å². The van der Waals surface area contributed by atoms with E-state index in [4.69, 9.17) is 5.26 Å². The molecular weight excluding hydrogens is 212 g/mol. The highest BCUT2D eigenvalue weighted by Gasteiger charge is 2.29. The Bertz CT molecular complexity index is 273. The van der Waals surface area contributed by atoms with Crippen LogP contribution in [0.5, 0.6) is 0 Å². The van der Waals surface area contributed by atoms with Gasteiger partial charge in [0.05, 0.1) is 6.07 Å². The molecule has 0 aromatic heterocycles. The van der Waals surface area contributed by atoms with Crippen LogP contribution in [0.2, 0.25) is 0 Å². The van der Waals surface area contributed by atoms with Crippen LogP contribution in [0.4, 0.5) is 0 Å². The van der Waals surface area contributed by atoms with Gasteiger partial charge in [0.15, 0.2) is 0 Å². The Kier molecular flexibility index (Phi) is 4.78. The first kappa shape index (κ1) is 12.8. The van der Waals surface area contributed by atoms with Crippen LogP contribution in [0.3, 0.4) is 0 Å². The molecule has 0 saturated carbocycles. The van der Waals surface area contributed by atoms with Gasteiger partial charge in [-0.3, -0.25) is 9.80 Å². The van der Waals surface area contributed by atoms with E-state index in [-0.39, 0.29) is 6.04 Å². The topological polar surface area (TPSA) is 42.3 Å². The number of fused-ring (bicyclic) bond motifs is 1. The van der Waals surface area contributed by atoms with E-state index in [0.29, 0.717) is 0 Å². The minimum Gasteiger partial charge on any atom is -0.301 e. The summed E-state index contributed by atoms with van der Waals surface area (Å²) in [7, 11) is 0. The van der Waals surface area contributed by atoms with Crippen molar-refractivity contribution in [2.75, 3.05) is 39.3 Å². The van der Waals surface area contributed by atoms with E-state index in [0.717, 1.165) is 32.2 Å². The normalized spacial score (nSPS) is 28.4. The van der Waals surface area contributed by atoms with Crippen LogP contribution in [0, 0.1) is 11.3 Å². The van der Waals surface area contributed by atoms with E-state index in [1.165, 1.54) is 32.4 Å². The van der Waals surface area contributed by atoms with Crippen molar-refractivity contribution in [1.82, 2.24) is 15.1 Å². The Morgan fingerprint density at radius 1 is 1.35 bits per heavy atom. The van der Waals surface area contributed by atoms with Gasteiger partial charge in [-0.25, -0.2) is 0 Å². The highest BCUT2D eigenvalue weighted by atomic mass is 15.3.